The van der Waals surface area contributed by atoms with Crippen LogP contribution in [0.2, 0.25) is 0 Å². The van der Waals surface area contributed by atoms with E-state index in [9.17, 15) is 0 Å². The van der Waals surface area contributed by atoms with Gasteiger partial charge in [0.15, 0.2) is 0 Å². The normalized spacial score (nSPS) is 22.1. The maximum Gasteiger partial charge on any atom is 0.0281 e. The summed E-state index contributed by atoms with van der Waals surface area (Å²) in [6, 6.07) is 17.8. The lowest BCUT2D eigenvalue weighted by atomic mass is 9.79. The van der Waals surface area contributed by atoms with E-state index in [1.807, 2.05) is 6.21 Å². The fourth-order valence-corrected chi connectivity index (χ4v) is 3.45. The highest BCUT2D eigenvalue weighted by atomic mass is 14.6. The fourth-order valence-electron chi connectivity index (χ4n) is 3.45. The monoisotopic (exact) mass is 291 g/mol. The Labute approximate surface area is 134 Å². The van der Waals surface area contributed by atoms with E-state index in [1.165, 1.54) is 42.4 Å². The Bertz CT molecular complexity index is 614. The van der Waals surface area contributed by atoms with Crippen molar-refractivity contribution in [3.63, 3.8) is 0 Å². The molecule has 2 aromatic rings. The maximum atomic E-state index is 4.05. The van der Waals surface area contributed by atoms with E-state index in [4.69, 9.17) is 0 Å². The summed E-state index contributed by atoms with van der Waals surface area (Å²) in [5, 5.41) is 0. The molecule has 1 nitrogen and oxygen atoms in total. The van der Waals surface area contributed by atoms with Crippen LogP contribution in [0.25, 0.3) is 11.1 Å². The molecule has 0 bridgehead atoms. The second kappa shape index (κ2) is 6.91. The summed E-state index contributed by atoms with van der Waals surface area (Å²) in [5.41, 5.74) is 5.24. The van der Waals surface area contributed by atoms with Crippen molar-refractivity contribution in [1.82, 2.24) is 0 Å². The highest BCUT2D eigenvalue weighted by Crippen LogP contribution is 2.36. The summed E-state index contributed by atoms with van der Waals surface area (Å²) in [6.07, 6.45) is 7.35. The van der Waals surface area contributed by atoms with Gasteiger partial charge in [0.1, 0.15) is 0 Å². The molecule has 3 rings (SSSR count). The lowest BCUT2D eigenvalue weighted by Gasteiger charge is -2.26. The van der Waals surface area contributed by atoms with Crippen LogP contribution in [-0.4, -0.2) is 13.3 Å². The Morgan fingerprint density at radius 2 is 1.36 bits per heavy atom. The third-order valence-corrected chi connectivity index (χ3v) is 4.92. The topological polar surface area (TPSA) is 12.4 Å². The van der Waals surface area contributed by atoms with Gasteiger partial charge in [0, 0.05) is 13.3 Å². The summed E-state index contributed by atoms with van der Waals surface area (Å²) in [7, 11) is 1.80. The zero-order valence-electron chi connectivity index (χ0n) is 13.6. The van der Waals surface area contributed by atoms with Gasteiger partial charge >= 0.3 is 0 Å². The molecular formula is C21H25N. The van der Waals surface area contributed by atoms with Gasteiger partial charge in [-0.05, 0) is 46.9 Å². The molecule has 1 aliphatic carbocycles. The van der Waals surface area contributed by atoms with E-state index in [1.54, 1.807) is 7.05 Å². The van der Waals surface area contributed by atoms with E-state index >= 15 is 0 Å². The molecule has 0 aromatic heterocycles. The number of rotatable bonds is 3. The molecule has 1 heteroatoms. The molecule has 0 atom stereocenters. The van der Waals surface area contributed by atoms with Gasteiger partial charge < -0.3 is 0 Å². The Morgan fingerprint density at radius 1 is 0.818 bits per heavy atom. The zero-order chi connectivity index (χ0) is 15.4. The second-order valence-corrected chi connectivity index (χ2v) is 6.59. The quantitative estimate of drug-likeness (QED) is 0.644. The van der Waals surface area contributed by atoms with E-state index < -0.39 is 0 Å². The molecule has 0 aliphatic heterocycles. The van der Waals surface area contributed by atoms with Crippen LogP contribution < -0.4 is 0 Å². The number of hydrogen-bond donors (Lipinski definition) is 0. The van der Waals surface area contributed by atoms with Crippen LogP contribution in [0, 0.1) is 5.92 Å². The SMILES string of the molecule is CN=Cc1ccc(-c2ccc(C3CCC(C)CC3)cc2)cc1. The minimum absolute atomic E-state index is 0.772. The standard InChI is InChI=1S/C21H25N/c1-16-3-7-18(8-4-16)20-11-13-21(14-12-20)19-9-5-17(6-10-19)15-22-2/h5-6,9-16,18H,3-4,7-8H2,1-2H3. The molecule has 0 spiro atoms. The first kappa shape index (κ1) is 15.0. The van der Waals surface area contributed by atoms with Gasteiger partial charge in [-0.1, -0.05) is 68.3 Å². The van der Waals surface area contributed by atoms with Crippen LogP contribution in [0.3, 0.4) is 0 Å². The molecule has 0 N–H and O–H groups in total. The molecule has 0 heterocycles. The fraction of sp³-hybridized carbons (Fsp3) is 0.381. The minimum atomic E-state index is 0.772. The van der Waals surface area contributed by atoms with Crippen LogP contribution in [0.4, 0.5) is 0 Å². The van der Waals surface area contributed by atoms with E-state index in [-0.39, 0.29) is 0 Å². The largest absolute Gasteiger partial charge is 0.296 e. The lowest BCUT2D eigenvalue weighted by Crippen LogP contribution is -2.10. The number of hydrogen-bond acceptors (Lipinski definition) is 1. The highest BCUT2D eigenvalue weighted by molar-refractivity contribution is 5.80. The predicted molar refractivity (Wildman–Crippen MR) is 95.8 cm³/mol. The number of aliphatic imine (C=N–C) groups is 1. The second-order valence-electron chi connectivity index (χ2n) is 6.59. The zero-order valence-corrected chi connectivity index (χ0v) is 13.6. The van der Waals surface area contributed by atoms with Crippen molar-refractivity contribution < 1.29 is 0 Å². The average Bonchev–Trinajstić information content (AvgIpc) is 2.57. The summed E-state index contributed by atoms with van der Waals surface area (Å²) < 4.78 is 0. The van der Waals surface area contributed by atoms with Crippen molar-refractivity contribution in [2.75, 3.05) is 7.05 Å². The Hall–Kier alpha value is -1.89. The van der Waals surface area contributed by atoms with Crippen molar-refractivity contribution >= 4 is 6.21 Å². The molecule has 0 amide bonds. The summed E-state index contributed by atoms with van der Waals surface area (Å²) in [5.74, 6) is 1.69. The minimum Gasteiger partial charge on any atom is -0.296 e. The Kier molecular flexibility index (Phi) is 4.72. The summed E-state index contributed by atoms with van der Waals surface area (Å²) >= 11 is 0. The van der Waals surface area contributed by atoms with Crippen LogP contribution in [0.15, 0.2) is 53.5 Å². The predicted octanol–water partition coefficient (Wildman–Crippen LogP) is 5.70. The van der Waals surface area contributed by atoms with Gasteiger partial charge in [-0.3, -0.25) is 4.99 Å². The third kappa shape index (κ3) is 3.47. The first-order chi connectivity index (χ1) is 10.8. The van der Waals surface area contributed by atoms with Crippen molar-refractivity contribution in [3.05, 3.63) is 59.7 Å². The number of benzene rings is 2. The smallest absolute Gasteiger partial charge is 0.0281 e. The van der Waals surface area contributed by atoms with Gasteiger partial charge in [-0.15, -0.1) is 0 Å². The summed E-state index contributed by atoms with van der Waals surface area (Å²) in [4.78, 5) is 4.05. The first-order valence-corrected chi connectivity index (χ1v) is 8.39. The highest BCUT2D eigenvalue weighted by Gasteiger charge is 2.19. The third-order valence-electron chi connectivity index (χ3n) is 4.92. The van der Waals surface area contributed by atoms with Crippen LogP contribution in [0.1, 0.15) is 49.7 Å². The molecule has 1 fully saturated rings. The molecule has 0 radical (unpaired) electrons. The molecule has 114 valence electrons. The van der Waals surface area contributed by atoms with Gasteiger partial charge in [0.05, 0.1) is 0 Å². The lowest BCUT2D eigenvalue weighted by molar-refractivity contribution is 0.348. The van der Waals surface area contributed by atoms with Crippen molar-refractivity contribution in [2.45, 2.75) is 38.5 Å². The van der Waals surface area contributed by atoms with Crippen LogP contribution in [0.5, 0.6) is 0 Å². The van der Waals surface area contributed by atoms with Crippen molar-refractivity contribution in [3.8, 4) is 11.1 Å². The van der Waals surface area contributed by atoms with Gasteiger partial charge in [-0.25, -0.2) is 0 Å². The maximum absolute atomic E-state index is 4.05. The molecular weight excluding hydrogens is 266 g/mol. The summed E-state index contributed by atoms with van der Waals surface area (Å²) in [6.45, 7) is 2.38. The van der Waals surface area contributed by atoms with Gasteiger partial charge in [0.25, 0.3) is 0 Å². The van der Waals surface area contributed by atoms with E-state index in [2.05, 4.69) is 60.4 Å². The first-order valence-electron chi connectivity index (χ1n) is 8.39. The van der Waals surface area contributed by atoms with Gasteiger partial charge in [0.2, 0.25) is 0 Å². The molecule has 22 heavy (non-hydrogen) atoms. The van der Waals surface area contributed by atoms with Crippen LogP contribution in [-0.2, 0) is 0 Å². The molecule has 0 saturated heterocycles. The Morgan fingerprint density at radius 3 is 1.91 bits per heavy atom. The average molecular weight is 291 g/mol. The van der Waals surface area contributed by atoms with Crippen LogP contribution >= 0.6 is 0 Å². The van der Waals surface area contributed by atoms with Gasteiger partial charge in [-0.2, -0.15) is 0 Å². The van der Waals surface area contributed by atoms with Crippen molar-refractivity contribution in [1.29, 1.82) is 0 Å². The number of nitrogens with zero attached hydrogens (tertiary/aromatic N) is 1. The molecule has 0 unspecified atom stereocenters. The molecule has 1 aliphatic rings. The Balaban J connectivity index is 1.73. The molecule has 2 aromatic carbocycles. The molecule has 1 saturated carbocycles. The van der Waals surface area contributed by atoms with E-state index in [0.29, 0.717) is 0 Å². The van der Waals surface area contributed by atoms with Crippen molar-refractivity contribution in [2.24, 2.45) is 10.9 Å². The van der Waals surface area contributed by atoms with E-state index in [0.717, 1.165) is 17.4 Å².